The fourth-order valence-corrected chi connectivity index (χ4v) is 20.3. The molecule has 0 bridgehead atoms. The van der Waals surface area contributed by atoms with Crippen LogP contribution in [0.1, 0.15) is 13.3 Å². The van der Waals surface area contributed by atoms with Crippen molar-refractivity contribution in [1.29, 1.82) is 0 Å². The van der Waals surface area contributed by atoms with E-state index in [1.165, 1.54) is 6.26 Å². The Morgan fingerprint density at radius 3 is 1.96 bits per heavy atom. The van der Waals surface area contributed by atoms with Crippen LogP contribution in [0.15, 0.2) is 25.1 Å². The molecule has 1 atom stereocenters. The van der Waals surface area contributed by atoms with E-state index in [2.05, 4.69) is 26.3 Å². The van der Waals surface area contributed by atoms with E-state index >= 15 is 0 Å². The van der Waals surface area contributed by atoms with Gasteiger partial charge in [-0.05, 0) is 52.2 Å². The minimum absolute atomic E-state index is 0.285. The lowest BCUT2D eigenvalue weighted by Crippen LogP contribution is -2.60. The quantitative estimate of drug-likeness (QED) is 0.218. The normalized spacial score (nSPS) is 15.2. The highest BCUT2D eigenvalue weighted by Gasteiger charge is 2.48. The molecular weight excluding hydrogens is 401 g/mol. The molecule has 0 saturated carbocycles. The molecule has 0 aromatic heterocycles. The van der Waals surface area contributed by atoms with E-state index in [1.807, 2.05) is 38.8 Å². The molecule has 0 fully saturated rings. The molecule has 6 nitrogen and oxygen atoms in total. The van der Waals surface area contributed by atoms with Crippen LogP contribution in [0.2, 0.25) is 45.3 Å². The Hall–Kier alpha value is -0.342. The highest BCUT2D eigenvalue weighted by Crippen LogP contribution is 2.27. The molecule has 0 spiro atoms. The van der Waals surface area contributed by atoms with Crippen LogP contribution in [-0.4, -0.2) is 53.1 Å². The summed E-state index contributed by atoms with van der Waals surface area (Å²) < 4.78 is 30.7. The van der Waals surface area contributed by atoms with Gasteiger partial charge in [-0.15, -0.1) is 6.58 Å². The lowest BCUT2D eigenvalue weighted by Gasteiger charge is -2.41. The molecule has 10 heteroatoms. The van der Waals surface area contributed by atoms with Crippen molar-refractivity contribution < 1.29 is 26.3 Å². The molecular formula is C16H36O6Si4. The molecule has 0 aromatic carbocycles. The van der Waals surface area contributed by atoms with Crippen molar-refractivity contribution in [2.24, 2.45) is 0 Å². The van der Waals surface area contributed by atoms with Gasteiger partial charge in [-0.2, -0.15) is 0 Å². The zero-order valence-electron chi connectivity index (χ0n) is 17.4. The van der Waals surface area contributed by atoms with E-state index < -0.39 is 34.0 Å². The summed E-state index contributed by atoms with van der Waals surface area (Å²) in [4.78, 5) is 10.9. The van der Waals surface area contributed by atoms with Gasteiger partial charge in [-0.3, -0.25) is 0 Å². The van der Waals surface area contributed by atoms with E-state index in [0.717, 1.165) is 6.29 Å². The molecule has 0 rings (SSSR count). The fourth-order valence-electron chi connectivity index (χ4n) is 2.78. The fraction of sp³-hybridized carbons (Fsp3) is 0.688. The second-order valence-corrected chi connectivity index (χ2v) is 22.0. The zero-order valence-corrected chi connectivity index (χ0v) is 21.4. The van der Waals surface area contributed by atoms with Crippen LogP contribution in [0.5, 0.6) is 0 Å². The Morgan fingerprint density at radius 2 is 1.50 bits per heavy atom. The van der Waals surface area contributed by atoms with Crippen molar-refractivity contribution in [3.63, 3.8) is 0 Å². The summed E-state index contributed by atoms with van der Waals surface area (Å²) >= 11 is 0. The molecule has 0 N–H and O–H groups in total. The smallest absolute Gasteiger partial charge is 0.368 e. The van der Waals surface area contributed by atoms with Crippen molar-refractivity contribution in [2.45, 2.75) is 58.7 Å². The van der Waals surface area contributed by atoms with Crippen LogP contribution >= 0.6 is 0 Å². The van der Waals surface area contributed by atoms with E-state index in [-0.39, 0.29) is 6.23 Å². The molecule has 0 aromatic rings. The highest BCUT2D eigenvalue weighted by molar-refractivity contribution is 6.90. The van der Waals surface area contributed by atoms with E-state index in [9.17, 15) is 4.79 Å². The maximum absolute atomic E-state index is 10.9. The maximum atomic E-state index is 10.9. The van der Waals surface area contributed by atoms with Gasteiger partial charge in [-0.1, -0.05) is 12.3 Å². The molecule has 0 amide bonds. The van der Waals surface area contributed by atoms with Crippen molar-refractivity contribution >= 4 is 40.3 Å². The van der Waals surface area contributed by atoms with Gasteiger partial charge in [0, 0.05) is 13.0 Å². The first-order valence-corrected chi connectivity index (χ1v) is 19.8. The summed E-state index contributed by atoms with van der Waals surface area (Å²) in [5.41, 5.74) is 1.90. The Balaban J connectivity index is 5.37. The Bertz CT molecular complexity index is 456. The first kappa shape index (κ1) is 25.7. The van der Waals surface area contributed by atoms with Crippen LogP contribution in [-0.2, 0) is 26.3 Å². The standard InChI is InChI=1S/C16H36O6Si4/c1-10-18-16-26(19-11-2,15-13-14-17)22-25(8,9)21-24(6,7)20-23(4,5)12-3/h10,12,14H,1,3,11,13,15-16H2,2,4-9H3. The minimum Gasteiger partial charge on any atom is -0.500 e. The molecule has 0 radical (unpaired) electrons. The summed E-state index contributed by atoms with van der Waals surface area (Å²) in [5, 5.41) is 0. The Labute approximate surface area is 163 Å². The first-order chi connectivity index (χ1) is 11.9. The lowest BCUT2D eigenvalue weighted by atomic mass is 10.6. The van der Waals surface area contributed by atoms with Crippen LogP contribution in [0, 0.1) is 0 Å². The van der Waals surface area contributed by atoms with E-state index in [4.69, 9.17) is 21.5 Å². The maximum Gasteiger partial charge on any atom is 0.368 e. The van der Waals surface area contributed by atoms with Crippen LogP contribution < -0.4 is 0 Å². The summed E-state index contributed by atoms with van der Waals surface area (Å²) in [7, 11) is -9.74. The monoisotopic (exact) mass is 436 g/mol. The number of carbonyl (C=O) groups excluding carboxylic acids is 1. The van der Waals surface area contributed by atoms with Crippen LogP contribution in [0.3, 0.4) is 0 Å². The van der Waals surface area contributed by atoms with Gasteiger partial charge in [0.05, 0.1) is 6.26 Å². The molecule has 152 valence electrons. The van der Waals surface area contributed by atoms with Crippen LogP contribution in [0.25, 0.3) is 0 Å². The molecule has 0 aliphatic rings. The summed E-state index contributed by atoms with van der Waals surface area (Å²) in [5.74, 6) is 0. The Morgan fingerprint density at radius 1 is 0.923 bits per heavy atom. The van der Waals surface area contributed by atoms with Gasteiger partial charge < -0.3 is 26.3 Å². The minimum atomic E-state index is -2.77. The number of carbonyl (C=O) groups is 1. The van der Waals surface area contributed by atoms with Gasteiger partial charge in [0.15, 0.2) is 8.32 Å². The van der Waals surface area contributed by atoms with Crippen molar-refractivity contribution in [3.05, 3.63) is 25.1 Å². The molecule has 0 aliphatic heterocycles. The summed E-state index contributed by atoms with van der Waals surface area (Å²) in [6.07, 6.45) is 2.91. The predicted molar refractivity (Wildman–Crippen MR) is 115 cm³/mol. The second kappa shape index (κ2) is 10.9. The Kier molecular flexibility index (Phi) is 10.7. The zero-order chi connectivity index (χ0) is 20.5. The van der Waals surface area contributed by atoms with Gasteiger partial charge >= 0.3 is 25.7 Å². The van der Waals surface area contributed by atoms with Crippen molar-refractivity contribution in [2.75, 3.05) is 12.8 Å². The van der Waals surface area contributed by atoms with Gasteiger partial charge in [0.25, 0.3) is 0 Å². The number of hydrogen-bond donors (Lipinski definition) is 0. The van der Waals surface area contributed by atoms with Gasteiger partial charge in [-0.25, -0.2) is 0 Å². The molecule has 0 saturated heterocycles. The van der Waals surface area contributed by atoms with E-state index in [0.29, 0.717) is 19.1 Å². The van der Waals surface area contributed by atoms with Gasteiger partial charge in [0.1, 0.15) is 12.5 Å². The largest absolute Gasteiger partial charge is 0.500 e. The van der Waals surface area contributed by atoms with Gasteiger partial charge in [0.2, 0.25) is 0 Å². The molecule has 0 heterocycles. The second-order valence-electron chi connectivity index (χ2n) is 7.44. The molecule has 26 heavy (non-hydrogen) atoms. The number of aldehydes is 1. The predicted octanol–water partition coefficient (Wildman–Crippen LogP) is 4.14. The average molecular weight is 437 g/mol. The highest BCUT2D eigenvalue weighted by atomic mass is 28.5. The third-order valence-corrected chi connectivity index (χ3v) is 18.3. The molecule has 1 unspecified atom stereocenters. The number of ether oxygens (including phenoxy) is 1. The summed E-state index contributed by atoms with van der Waals surface area (Å²) in [6, 6.07) is 0.522. The lowest BCUT2D eigenvalue weighted by molar-refractivity contribution is -0.107. The first-order valence-electron chi connectivity index (χ1n) is 8.91. The summed E-state index contributed by atoms with van der Waals surface area (Å²) in [6.45, 7) is 22.1. The topological polar surface area (TPSA) is 63.2 Å². The average Bonchev–Trinajstić information content (AvgIpc) is 2.48. The number of hydrogen-bond acceptors (Lipinski definition) is 6. The number of rotatable bonds is 15. The van der Waals surface area contributed by atoms with Crippen molar-refractivity contribution in [1.82, 2.24) is 0 Å². The van der Waals surface area contributed by atoms with Crippen molar-refractivity contribution in [3.8, 4) is 0 Å². The third kappa shape index (κ3) is 10.1. The van der Waals surface area contributed by atoms with E-state index in [1.54, 1.807) is 0 Å². The SMILES string of the molecule is C=COC[Si](CCC=O)(OCC)O[Si](C)(C)O[Si](C)(C)O[Si](C)(C)C=C. The van der Waals surface area contributed by atoms with Crippen LogP contribution in [0.4, 0.5) is 0 Å². The third-order valence-electron chi connectivity index (χ3n) is 3.40. The molecule has 0 aliphatic carbocycles.